The van der Waals surface area contributed by atoms with E-state index >= 15 is 0 Å². The van der Waals surface area contributed by atoms with Gasteiger partial charge in [-0.2, -0.15) is 0 Å². The van der Waals surface area contributed by atoms with E-state index in [1.54, 1.807) is 0 Å². The second-order valence-electron chi connectivity index (χ2n) is 9.78. The molecule has 4 aliphatic carbocycles. The van der Waals surface area contributed by atoms with Gasteiger partial charge in [0.2, 0.25) is 5.91 Å². The Morgan fingerprint density at radius 3 is 2.00 bits per heavy atom. The molecular formula is C23H30N2O2S. The Kier molecular flexibility index (Phi) is 4.69. The second kappa shape index (κ2) is 7.08. The minimum absolute atomic E-state index is 0.0267. The van der Waals surface area contributed by atoms with Gasteiger partial charge >= 0.3 is 0 Å². The molecule has 5 fully saturated rings. The number of amides is 2. The molecule has 4 saturated carbocycles. The van der Waals surface area contributed by atoms with Gasteiger partial charge in [-0.1, -0.05) is 12.1 Å². The molecule has 0 aromatic heterocycles. The molecule has 1 aliphatic heterocycles. The molecule has 6 rings (SSSR count). The van der Waals surface area contributed by atoms with Crippen molar-refractivity contribution in [3.05, 3.63) is 29.8 Å². The molecule has 0 N–H and O–H groups in total. The van der Waals surface area contributed by atoms with Gasteiger partial charge in [0.1, 0.15) is 0 Å². The third-order valence-corrected chi connectivity index (χ3v) is 8.14. The highest BCUT2D eigenvalue weighted by molar-refractivity contribution is 7.80. The van der Waals surface area contributed by atoms with E-state index in [0.717, 1.165) is 24.2 Å². The molecule has 5 aliphatic rings. The number of thiol groups is 1. The van der Waals surface area contributed by atoms with E-state index in [1.807, 2.05) is 34.1 Å². The Labute approximate surface area is 173 Å². The molecule has 150 valence electrons. The summed E-state index contributed by atoms with van der Waals surface area (Å²) in [6.45, 7) is 2.55. The van der Waals surface area contributed by atoms with Gasteiger partial charge in [-0.3, -0.25) is 9.59 Å². The number of rotatable bonds is 3. The zero-order valence-electron chi connectivity index (χ0n) is 16.5. The highest BCUT2D eigenvalue weighted by Crippen LogP contribution is 2.61. The van der Waals surface area contributed by atoms with E-state index in [-0.39, 0.29) is 5.91 Å². The average Bonchev–Trinajstić information content (AvgIpc) is 2.66. The Morgan fingerprint density at radius 1 is 0.893 bits per heavy atom. The maximum absolute atomic E-state index is 13.1. The van der Waals surface area contributed by atoms with Crippen molar-refractivity contribution < 1.29 is 9.59 Å². The van der Waals surface area contributed by atoms with Crippen LogP contribution in [0.4, 0.5) is 0 Å². The Bertz CT molecular complexity index is 749. The van der Waals surface area contributed by atoms with Crippen LogP contribution in [0.1, 0.15) is 55.3 Å². The first-order valence-corrected chi connectivity index (χ1v) is 11.3. The lowest BCUT2D eigenvalue weighted by Gasteiger charge is -2.57. The van der Waals surface area contributed by atoms with Crippen LogP contribution in [0.3, 0.4) is 0 Å². The summed E-state index contributed by atoms with van der Waals surface area (Å²) in [6, 6.07) is 7.44. The molecule has 28 heavy (non-hydrogen) atoms. The molecule has 0 radical (unpaired) electrons. The Balaban J connectivity index is 1.19. The normalized spacial score (nSPS) is 34.0. The summed E-state index contributed by atoms with van der Waals surface area (Å²) in [7, 11) is 0. The highest BCUT2D eigenvalue weighted by Gasteiger charge is 2.51. The maximum Gasteiger partial charge on any atom is 0.255 e. The first-order chi connectivity index (χ1) is 13.5. The minimum Gasteiger partial charge on any atom is -0.339 e. The van der Waals surface area contributed by atoms with Gasteiger partial charge in [0.15, 0.2) is 0 Å². The monoisotopic (exact) mass is 398 g/mol. The number of carbonyl (C=O) groups is 2. The van der Waals surface area contributed by atoms with Crippen LogP contribution in [0.25, 0.3) is 0 Å². The Hall–Kier alpha value is -1.49. The first kappa shape index (κ1) is 18.5. The van der Waals surface area contributed by atoms with Gasteiger partial charge in [0.05, 0.1) is 5.56 Å². The minimum atomic E-state index is 0.0267. The van der Waals surface area contributed by atoms with Crippen LogP contribution in [0.2, 0.25) is 0 Å². The number of benzene rings is 1. The Morgan fingerprint density at radius 2 is 1.43 bits per heavy atom. The predicted octanol–water partition coefficient (Wildman–Crippen LogP) is 3.87. The molecule has 1 aromatic carbocycles. The molecule has 1 heterocycles. The number of nitrogens with zero attached hydrogens (tertiary/aromatic N) is 2. The van der Waals surface area contributed by atoms with Crippen molar-refractivity contribution in [2.24, 2.45) is 23.2 Å². The molecule has 1 aromatic rings. The maximum atomic E-state index is 13.1. The van der Waals surface area contributed by atoms with Crippen molar-refractivity contribution in [2.75, 3.05) is 26.2 Å². The van der Waals surface area contributed by atoms with Crippen molar-refractivity contribution in [1.29, 1.82) is 0 Å². The number of carbonyl (C=O) groups excluding carboxylic acids is 2. The van der Waals surface area contributed by atoms with Crippen LogP contribution in [-0.4, -0.2) is 47.8 Å². The van der Waals surface area contributed by atoms with Crippen LogP contribution >= 0.6 is 12.6 Å². The van der Waals surface area contributed by atoms with Gasteiger partial charge < -0.3 is 9.80 Å². The van der Waals surface area contributed by atoms with Crippen LogP contribution in [0.15, 0.2) is 29.2 Å². The SMILES string of the molecule is O=C(CC12CC3CC(CC(C3)C1)C2)N1CCN(C(=O)c2ccccc2S)CC1. The zero-order valence-corrected chi connectivity index (χ0v) is 17.4. The van der Waals surface area contributed by atoms with Gasteiger partial charge in [-0.05, 0) is 73.8 Å². The van der Waals surface area contributed by atoms with E-state index in [2.05, 4.69) is 12.6 Å². The summed E-state index contributed by atoms with van der Waals surface area (Å²) in [5.74, 6) is 3.00. The van der Waals surface area contributed by atoms with Gasteiger partial charge in [0, 0.05) is 37.5 Å². The fourth-order valence-corrected chi connectivity index (χ4v) is 7.18. The van der Waals surface area contributed by atoms with Gasteiger partial charge in [-0.15, -0.1) is 12.6 Å². The fourth-order valence-electron chi connectivity index (χ4n) is 6.92. The molecule has 4 nitrogen and oxygen atoms in total. The standard InChI is InChI=1S/C23H30N2O2S/c26-21(15-23-12-16-9-17(13-23)11-18(10-16)14-23)24-5-7-25(8-6-24)22(27)19-3-1-2-4-20(19)28/h1-4,16-18,28H,5-15H2. The summed E-state index contributed by atoms with van der Waals surface area (Å²) in [5.41, 5.74) is 0.947. The number of hydrogen-bond donors (Lipinski definition) is 1. The first-order valence-electron chi connectivity index (χ1n) is 10.9. The molecule has 1 saturated heterocycles. The van der Waals surface area contributed by atoms with Crippen LogP contribution in [-0.2, 0) is 4.79 Å². The van der Waals surface area contributed by atoms with Gasteiger partial charge in [-0.25, -0.2) is 0 Å². The summed E-state index contributed by atoms with van der Waals surface area (Å²) in [4.78, 5) is 30.5. The van der Waals surface area contributed by atoms with Crippen LogP contribution < -0.4 is 0 Å². The average molecular weight is 399 g/mol. The lowest BCUT2D eigenvalue weighted by molar-refractivity contribution is -0.141. The molecule has 0 atom stereocenters. The summed E-state index contributed by atoms with van der Waals surface area (Å²) in [5, 5.41) is 0. The quantitative estimate of drug-likeness (QED) is 0.786. The summed E-state index contributed by atoms with van der Waals surface area (Å²) in [6.07, 6.45) is 8.83. The highest BCUT2D eigenvalue weighted by atomic mass is 32.1. The fraction of sp³-hybridized carbons (Fsp3) is 0.652. The van der Waals surface area contributed by atoms with E-state index in [1.165, 1.54) is 38.5 Å². The molecule has 0 spiro atoms. The van der Waals surface area contributed by atoms with Gasteiger partial charge in [0.25, 0.3) is 5.91 Å². The smallest absolute Gasteiger partial charge is 0.255 e. The second-order valence-corrected chi connectivity index (χ2v) is 10.3. The van der Waals surface area contributed by atoms with E-state index in [0.29, 0.717) is 48.0 Å². The molecule has 4 bridgehead atoms. The molecule has 2 amide bonds. The molecule has 0 unspecified atom stereocenters. The number of hydrogen-bond acceptors (Lipinski definition) is 3. The number of piperazine rings is 1. The third-order valence-electron chi connectivity index (χ3n) is 7.75. The van der Waals surface area contributed by atoms with Crippen LogP contribution in [0.5, 0.6) is 0 Å². The topological polar surface area (TPSA) is 40.6 Å². The van der Waals surface area contributed by atoms with E-state index in [4.69, 9.17) is 0 Å². The van der Waals surface area contributed by atoms with Crippen molar-refractivity contribution >= 4 is 24.4 Å². The van der Waals surface area contributed by atoms with Crippen molar-refractivity contribution in [1.82, 2.24) is 9.80 Å². The lowest BCUT2D eigenvalue weighted by Crippen LogP contribution is -2.53. The van der Waals surface area contributed by atoms with Crippen molar-refractivity contribution in [3.8, 4) is 0 Å². The largest absolute Gasteiger partial charge is 0.339 e. The predicted molar refractivity (Wildman–Crippen MR) is 111 cm³/mol. The third kappa shape index (κ3) is 3.36. The summed E-state index contributed by atoms with van der Waals surface area (Å²) < 4.78 is 0. The lowest BCUT2D eigenvalue weighted by atomic mass is 9.49. The molecular weight excluding hydrogens is 368 g/mol. The summed E-state index contributed by atoms with van der Waals surface area (Å²) >= 11 is 4.41. The van der Waals surface area contributed by atoms with Crippen molar-refractivity contribution in [2.45, 2.75) is 49.8 Å². The van der Waals surface area contributed by atoms with E-state index in [9.17, 15) is 9.59 Å². The zero-order chi connectivity index (χ0) is 19.3. The van der Waals surface area contributed by atoms with Crippen molar-refractivity contribution in [3.63, 3.8) is 0 Å². The van der Waals surface area contributed by atoms with Crippen LogP contribution in [0, 0.1) is 23.2 Å². The molecule has 5 heteroatoms. The van der Waals surface area contributed by atoms with E-state index < -0.39 is 0 Å².